The molecule has 2 heterocycles. The van der Waals surface area contributed by atoms with Gasteiger partial charge >= 0.3 is 0 Å². The highest BCUT2D eigenvalue weighted by atomic mass is 14.9. The molecule has 0 amide bonds. The van der Waals surface area contributed by atoms with Crippen LogP contribution in [0.5, 0.6) is 0 Å². The van der Waals surface area contributed by atoms with E-state index in [1.165, 1.54) is 27.5 Å². The fraction of sp³-hybridized carbons (Fsp3) is 0.0465. The lowest BCUT2D eigenvalue weighted by atomic mass is 9.98. The number of aromatic nitrogens is 2. The topological polar surface area (TPSA) is 38.1 Å². The Labute approximate surface area is 269 Å². The minimum atomic E-state index is 0.700. The minimum Gasteiger partial charge on any atom is -0.292 e. The van der Waals surface area contributed by atoms with Gasteiger partial charge < -0.3 is 0 Å². The molecule has 0 fully saturated rings. The molecule has 0 aliphatic carbocycles. The number of benzene rings is 6. The van der Waals surface area contributed by atoms with Crippen LogP contribution in [0.25, 0.3) is 72.5 Å². The van der Waals surface area contributed by atoms with Gasteiger partial charge in [0.15, 0.2) is 5.82 Å². The largest absolute Gasteiger partial charge is 0.292 e. The molecule has 0 bridgehead atoms. The first-order valence-corrected chi connectivity index (χ1v) is 15.7. The van der Waals surface area contributed by atoms with Crippen molar-refractivity contribution in [2.75, 3.05) is 6.54 Å². The molecule has 0 saturated carbocycles. The molecule has 0 unspecified atom stereocenters. The molecule has 0 N–H and O–H groups in total. The van der Waals surface area contributed by atoms with Crippen molar-refractivity contribution >= 4 is 22.6 Å². The fourth-order valence-corrected chi connectivity index (χ4v) is 6.10. The van der Waals surface area contributed by atoms with Gasteiger partial charge in [0, 0.05) is 29.4 Å². The van der Waals surface area contributed by atoms with Crippen molar-refractivity contribution < 1.29 is 0 Å². The molecule has 8 rings (SSSR count). The quantitative estimate of drug-likeness (QED) is 0.193. The zero-order chi connectivity index (χ0) is 30.7. The first kappa shape index (κ1) is 27.6. The number of fused-ring (bicyclic) bond motifs is 1. The van der Waals surface area contributed by atoms with Crippen LogP contribution in [0.4, 0.5) is 0 Å². The normalized spacial score (nSPS) is 12.7. The average molecular weight is 590 g/mol. The van der Waals surface area contributed by atoms with Crippen LogP contribution in [-0.2, 0) is 0 Å². The maximum Gasteiger partial charge on any atom is 0.160 e. The van der Waals surface area contributed by atoms with Crippen LogP contribution in [0.15, 0.2) is 163 Å². The zero-order valence-electron chi connectivity index (χ0n) is 25.3. The van der Waals surface area contributed by atoms with Crippen molar-refractivity contribution in [3.8, 4) is 56.2 Å². The van der Waals surface area contributed by atoms with Gasteiger partial charge in [-0.2, -0.15) is 0 Å². The van der Waals surface area contributed by atoms with Crippen molar-refractivity contribution in [1.29, 1.82) is 0 Å². The lowest BCUT2D eigenvalue weighted by Gasteiger charge is -2.12. The first-order chi connectivity index (χ1) is 22.8. The molecule has 0 saturated heterocycles. The van der Waals surface area contributed by atoms with Crippen LogP contribution in [-0.4, -0.2) is 22.7 Å². The lowest BCUT2D eigenvalue weighted by molar-refractivity contribution is 1.01. The molecule has 1 aliphatic heterocycles. The number of dihydropyridines is 1. The Morgan fingerprint density at radius 3 is 1.78 bits per heavy atom. The second kappa shape index (κ2) is 12.2. The highest BCUT2D eigenvalue weighted by Crippen LogP contribution is 2.33. The van der Waals surface area contributed by atoms with E-state index in [0.29, 0.717) is 5.82 Å². The molecular formula is C43H31N3. The van der Waals surface area contributed by atoms with Crippen molar-refractivity contribution in [2.24, 2.45) is 4.99 Å². The predicted octanol–water partition coefficient (Wildman–Crippen LogP) is 10.8. The van der Waals surface area contributed by atoms with E-state index in [1.54, 1.807) is 0 Å². The Kier molecular flexibility index (Phi) is 7.33. The molecule has 6 aromatic carbocycles. The molecule has 0 radical (unpaired) electrons. The number of rotatable bonds is 6. The maximum atomic E-state index is 5.17. The van der Waals surface area contributed by atoms with Gasteiger partial charge in [0.1, 0.15) is 0 Å². The molecule has 46 heavy (non-hydrogen) atoms. The third-order valence-corrected chi connectivity index (χ3v) is 8.56. The van der Waals surface area contributed by atoms with Crippen molar-refractivity contribution in [2.45, 2.75) is 6.42 Å². The monoisotopic (exact) mass is 589 g/mol. The average Bonchev–Trinajstić information content (AvgIpc) is 3.15. The van der Waals surface area contributed by atoms with Gasteiger partial charge in [0.2, 0.25) is 0 Å². The molecule has 1 aliphatic rings. The Bertz CT molecular complexity index is 2250. The number of aliphatic imine (C=N–C) groups is 1. The maximum absolute atomic E-state index is 5.17. The molecule has 1 aromatic heterocycles. The van der Waals surface area contributed by atoms with E-state index >= 15 is 0 Å². The molecule has 7 aromatic rings. The van der Waals surface area contributed by atoms with Gasteiger partial charge in [-0.1, -0.05) is 133 Å². The van der Waals surface area contributed by atoms with Gasteiger partial charge in [-0.05, 0) is 74.8 Å². The van der Waals surface area contributed by atoms with Crippen molar-refractivity contribution in [1.82, 2.24) is 9.97 Å². The third-order valence-electron chi connectivity index (χ3n) is 8.56. The van der Waals surface area contributed by atoms with E-state index < -0.39 is 0 Å². The Morgan fingerprint density at radius 2 is 0.978 bits per heavy atom. The smallest absolute Gasteiger partial charge is 0.160 e. The summed E-state index contributed by atoms with van der Waals surface area (Å²) in [5.74, 6) is 0.700. The second-order valence-corrected chi connectivity index (χ2v) is 11.6. The molecular weight excluding hydrogens is 558 g/mol. The van der Waals surface area contributed by atoms with E-state index in [9.17, 15) is 0 Å². The zero-order valence-corrected chi connectivity index (χ0v) is 25.3. The van der Waals surface area contributed by atoms with Crippen LogP contribution in [0.2, 0.25) is 0 Å². The summed E-state index contributed by atoms with van der Waals surface area (Å²) in [6, 6.07) is 53.5. The molecule has 218 valence electrons. The Hall–Kier alpha value is -5.93. The first-order valence-electron chi connectivity index (χ1n) is 15.7. The number of hydrogen-bond acceptors (Lipinski definition) is 3. The van der Waals surface area contributed by atoms with Crippen LogP contribution < -0.4 is 0 Å². The van der Waals surface area contributed by atoms with Gasteiger partial charge in [0.25, 0.3) is 0 Å². The van der Waals surface area contributed by atoms with Gasteiger partial charge in [-0.15, -0.1) is 0 Å². The summed E-state index contributed by atoms with van der Waals surface area (Å²) in [6.07, 6.45) is 5.20. The van der Waals surface area contributed by atoms with Crippen LogP contribution in [0.3, 0.4) is 0 Å². The fourth-order valence-electron chi connectivity index (χ4n) is 6.10. The molecule has 0 atom stereocenters. The summed E-state index contributed by atoms with van der Waals surface area (Å²) in [5.41, 5.74) is 11.8. The summed E-state index contributed by atoms with van der Waals surface area (Å²) in [6.45, 7) is 0.850. The Morgan fingerprint density at radius 1 is 0.391 bits per heavy atom. The van der Waals surface area contributed by atoms with Gasteiger partial charge in [-0.25, -0.2) is 9.97 Å². The Balaban J connectivity index is 1.23. The van der Waals surface area contributed by atoms with E-state index in [-0.39, 0.29) is 0 Å². The molecule has 3 heteroatoms. The second-order valence-electron chi connectivity index (χ2n) is 11.6. The number of nitrogens with zero attached hydrogens (tertiary/aromatic N) is 3. The lowest BCUT2D eigenvalue weighted by Crippen LogP contribution is -1.98. The standard InChI is InChI=1S/C43H31N3/c1-2-9-30(10-3-1)32-18-21-33(22-19-32)41-28-42(38-15-6-14-36(26-38)40-17-8-24-44-29-40)46-43(45-41)39-16-7-13-35(27-39)37-23-20-31-11-4-5-12-34(31)25-37/h1-7,9-23,25-29H,8,24H2. The van der Waals surface area contributed by atoms with E-state index in [0.717, 1.165) is 57.7 Å². The van der Waals surface area contributed by atoms with Crippen molar-refractivity contribution in [3.63, 3.8) is 0 Å². The van der Waals surface area contributed by atoms with E-state index in [1.807, 2.05) is 12.3 Å². The number of hydrogen-bond donors (Lipinski definition) is 0. The minimum absolute atomic E-state index is 0.700. The molecule has 3 nitrogen and oxygen atoms in total. The summed E-state index contributed by atoms with van der Waals surface area (Å²) in [7, 11) is 0. The van der Waals surface area contributed by atoms with E-state index in [4.69, 9.17) is 9.97 Å². The van der Waals surface area contributed by atoms with Crippen LogP contribution >= 0.6 is 0 Å². The highest BCUT2D eigenvalue weighted by molar-refractivity contribution is 6.10. The predicted molar refractivity (Wildman–Crippen MR) is 193 cm³/mol. The summed E-state index contributed by atoms with van der Waals surface area (Å²) < 4.78 is 0. The van der Waals surface area contributed by atoms with E-state index in [2.05, 4.69) is 157 Å². The number of allylic oxidation sites excluding steroid dienone is 1. The summed E-state index contributed by atoms with van der Waals surface area (Å²) in [5, 5.41) is 2.46. The summed E-state index contributed by atoms with van der Waals surface area (Å²) in [4.78, 5) is 14.8. The SMILES string of the molecule is C1=NCCC=C1c1cccc(-c2cc(-c3ccc(-c4ccccc4)cc3)nc(-c3cccc(-c4ccc5ccccc5c4)c3)n2)c1. The third kappa shape index (κ3) is 5.67. The molecule has 0 spiro atoms. The van der Waals surface area contributed by atoms with Crippen molar-refractivity contribution in [3.05, 3.63) is 163 Å². The van der Waals surface area contributed by atoms with Gasteiger partial charge in [0.05, 0.1) is 11.4 Å². The summed E-state index contributed by atoms with van der Waals surface area (Å²) >= 11 is 0. The van der Waals surface area contributed by atoms with Crippen LogP contribution in [0, 0.1) is 0 Å². The van der Waals surface area contributed by atoms with Gasteiger partial charge in [-0.3, -0.25) is 4.99 Å². The highest BCUT2D eigenvalue weighted by Gasteiger charge is 2.13. The van der Waals surface area contributed by atoms with Crippen LogP contribution in [0.1, 0.15) is 12.0 Å².